The molecule has 1 aromatic heterocycles. The molecule has 0 aliphatic carbocycles. The Morgan fingerprint density at radius 3 is 2.31 bits per heavy atom. The van der Waals surface area contributed by atoms with Crippen molar-refractivity contribution in [3.05, 3.63) is 53.3 Å². The van der Waals surface area contributed by atoms with Crippen LogP contribution in [0.25, 0.3) is 0 Å². The van der Waals surface area contributed by atoms with Gasteiger partial charge in [-0.15, -0.1) is 0 Å². The minimum Gasteiger partial charge on any atom is -0.341 e. The SMILES string of the molecule is Cc1cc(C)n(CC(=O)N2CCC(C(Cc3ccccc3)N(C)C(=O)CN(C)C)CC2)n1. The lowest BCUT2D eigenvalue weighted by Gasteiger charge is -2.40. The lowest BCUT2D eigenvalue weighted by atomic mass is 9.85. The molecule has 32 heavy (non-hydrogen) atoms. The highest BCUT2D eigenvalue weighted by Gasteiger charge is 2.32. The lowest BCUT2D eigenvalue weighted by Crippen LogP contribution is -2.50. The number of hydrogen-bond acceptors (Lipinski definition) is 4. The lowest BCUT2D eigenvalue weighted by molar-refractivity contribution is -0.137. The number of amides is 2. The first-order valence-electron chi connectivity index (χ1n) is 11.5. The van der Waals surface area contributed by atoms with Gasteiger partial charge in [-0.1, -0.05) is 30.3 Å². The van der Waals surface area contributed by atoms with Crippen LogP contribution in [0.1, 0.15) is 29.8 Å². The smallest absolute Gasteiger partial charge is 0.244 e. The summed E-state index contributed by atoms with van der Waals surface area (Å²) in [6, 6.07) is 12.5. The third-order valence-electron chi connectivity index (χ3n) is 6.45. The van der Waals surface area contributed by atoms with E-state index in [2.05, 4.69) is 17.2 Å². The van der Waals surface area contributed by atoms with Gasteiger partial charge in [-0.2, -0.15) is 5.10 Å². The Balaban J connectivity index is 1.65. The van der Waals surface area contributed by atoms with Gasteiger partial charge >= 0.3 is 0 Å². The molecule has 1 aliphatic heterocycles. The van der Waals surface area contributed by atoms with E-state index in [0.29, 0.717) is 19.0 Å². The number of benzene rings is 1. The molecule has 2 aromatic rings. The van der Waals surface area contributed by atoms with E-state index in [1.165, 1.54) is 5.56 Å². The number of piperidine rings is 1. The fourth-order valence-corrected chi connectivity index (χ4v) is 4.64. The number of likely N-dealkylation sites (tertiary alicyclic amines) is 1. The van der Waals surface area contributed by atoms with Gasteiger partial charge in [0.1, 0.15) is 6.54 Å². The maximum absolute atomic E-state index is 12.9. The molecular formula is C25H37N5O2. The van der Waals surface area contributed by atoms with E-state index in [0.717, 1.165) is 43.7 Å². The highest BCUT2D eigenvalue weighted by atomic mass is 16.2. The summed E-state index contributed by atoms with van der Waals surface area (Å²) < 4.78 is 1.79. The second-order valence-corrected chi connectivity index (χ2v) is 9.30. The van der Waals surface area contributed by atoms with Crippen molar-refractivity contribution < 1.29 is 9.59 Å². The average Bonchev–Trinajstić information content (AvgIpc) is 3.08. The van der Waals surface area contributed by atoms with Crippen molar-refractivity contribution in [2.75, 3.05) is 40.8 Å². The molecule has 3 rings (SSSR count). The Kier molecular flexibility index (Phi) is 8.07. The van der Waals surface area contributed by atoms with E-state index in [9.17, 15) is 9.59 Å². The number of carbonyl (C=O) groups excluding carboxylic acids is 2. The highest BCUT2D eigenvalue weighted by molar-refractivity contribution is 5.78. The number of likely N-dealkylation sites (N-methyl/N-ethyl adjacent to an activating group) is 2. The predicted octanol–water partition coefficient (Wildman–Crippen LogP) is 2.37. The molecule has 1 fully saturated rings. The number of carbonyl (C=O) groups is 2. The molecule has 0 N–H and O–H groups in total. The average molecular weight is 440 g/mol. The van der Waals surface area contributed by atoms with Gasteiger partial charge in [-0.3, -0.25) is 14.3 Å². The third kappa shape index (κ3) is 6.19. The zero-order chi connectivity index (χ0) is 23.3. The first kappa shape index (κ1) is 24.0. The van der Waals surface area contributed by atoms with Crippen molar-refractivity contribution in [3.8, 4) is 0 Å². The molecule has 1 unspecified atom stereocenters. The molecule has 174 valence electrons. The second-order valence-electron chi connectivity index (χ2n) is 9.30. The largest absolute Gasteiger partial charge is 0.341 e. The van der Waals surface area contributed by atoms with Crippen LogP contribution in [0.4, 0.5) is 0 Å². The number of rotatable bonds is 8. The van der Waals surface area contributed by atoms with Crippen molar-refractivity contribution in [3.63, 3.8) is 0 Å². The summed E-state index contributed by atoms with van der Waals surface area (Å²) in [6.07, 6.45) is 2.64. The number of aryl methyl sites for hydroxylation is 2. The molecule has 1 saturated heterocycles. The summed E-state index contributed by atoms with van der Waals surface area (Å²) in [4.78, 5) is 31.5. The fraction of sp³-hybridized carbons (Fsp3) is 0.560. The van der Waals surface area contributed by atoms with E-state index in [1.807, 2.05) is 74.0 Å². The monoisotopic (exact) mass is 439 g/mol. The van der Waals surface area contributed by atoms with Crippen LogP contribution in [-0.4, -0.2) is 83.1 Å². The molecule has 0 spiro atoms. The minimum atomic E-state index is 0.117. The summed E-state index contributed by atoms with van der Waals surface area (Å²) in [5.74, 6) is 0.620. The predicted molar refractivity (Wildman–Crippen MR) is 126 cm³/mol. The summed E-state index contributed by atoms with van der Waals surface area (Å²) in [7, 11) is 5.77. The molecule has 2 heterocycles. The molecule has 0 radical (unpaired) electrons. The molecule has 2 amide bonds. The van der Waals surface area contributed by atoms with Crippen LogP contribution in [0.15, 0.2) is 36.4 Å². The zero-order valence-corrected chi connectivity index (χ0v) is 20.1. The van der Waals surface area contributed by atoms with Crippen LogP contribution in [0.3, 0.4) is 0 Å². The van der Waals surface area contributed by atoms with Gasteiger partial charge in [0.2, 0.25) is 11.8 Å². The van der Waals surface area contributed by atoms with Gasteiger partial charge < -0.3 is 14.7 Å². The summed E-state index contributed by atoms with van der Waals surface area (Å²) in [5, 5.41) is 4.42. The molecular weight excluding hydrogens is 402 g/mol. The maximum Gasteiger partial charge on any atom is 0.244 e. The fourth-order valence-electron chi connectivity index (χ4n) is 4.64. The van der Waals surface area contributed by atoms with Crippen LogP contribution < -0.4 is 0 Å². The van der Waals surface area contributed by atoms with Gasteiger partial charge in [0, 0.05) is 31.9 Å². The van der Waals surface area contributed by atoms with Gasteiger partial charge in [0.25, 0.3) is 0 Å². The van der Waals surface area contributed by atoms with Crippen molar-refractivity contribution >= 4 is 11.8 Å². The Morgan fingerprint density at radius 2 is 1.75 bits per heavy atom. The maximum atomic E-state index is 12.9. The second kappa shape index (κ2) is 10.8. The van der Waals surface area contributed by atoms with E-state index in [4.69, 9.17) is 0 Å². The van der Waals surface area contributed by atoms with Gasteiger partial charge in [0.05, 0.1) is 12.2 Å². The first-order valence-corrected chi connectivity index (χ1v) is 11.5. The van der Waals surface area contributed by atoms with Gasteiger partial charge in [-0.05, 0) is 64.8 Å². The Morgan fingerprint density at radius 1 is 1.09 bits per heavy atom. The number of hydrogen-bond donors (Lipinski definition) is 0. The quantitative estimate of drug-likeness (QED) is 0.634. The van der Waals surface area contributed by atoms with Crippen molar-refractivity contribution in [1.29, 1.82) is 0 Å². The molecule has 7 nitrogen and oxygen atoms in total. The Hall–Kier alpha value is -2.67. The van der Waals surface area contributed by atoms with Crippen molar-refractivity contribution in [2.24, 2.45) is 5.92 Å². The normalized spacial score (nSPS) is 15.8. The standard InChI is InChI=1S/C25H37N5O2/c1-19-15-20(2)30(26-19)18-25(32)29-13-11-22(12-14-29)23(16-21-9-7-6-8-10-21)28(5)24(31)17-27(3)4/h6-10,15,22-23H,11-14,16-18H2,1-5H3. The molecule has 1 atom stereocenters. The van der Waals surface area contributed by atoms with Crippen molar-refractivity contribution in [2.45, 2.75) is 45.7 Å². The van der Waals surface area contributed by atoms with Crippen LogP contribution in [-0.2, 0) is 22.6 Å². The third-order valence-corrected chi connectivity index (χ3v) is 6.45. The van der Waals surface area contributed by atoms with Crippen molar-refractivity contribution in [1.82, 2.24) is 24.5 Å². The van der Waals surface area contributed by atoms with Crippen LogP contribution in [0.5, 0.6) is 0 Å². The molecule has 0 bridgehead atoms. The van der Waals surface area contributed by atoms with Gasteiger partial charge in [0.15, 0.2) is 0 Å². The summed E-state index contributed by atoms with van der Waals surface area (Å²) >= 11 is 0. The molecule has 1 aliphatic rings. The van der Waals surface area contributed by atoms with Crippen LogP contribution in [0.2, 0.25) is 0 Å². The van der Waals surface area contributed by atoms with E-state index in [-0.39, 0.29) is 17.9 Å². The zero-order valence-electron chi connectivity index (χ0n) is 20.1. The molecule has 7 heteroatoms. The minimum absolute atomic E-state index is 0.117. The van der Waals surface area contributed by atoms with E-state index in [1.54, 1.807) is 4.68 Å². The van der Waals surface area contributed by atoms with E-state index >= 15 is 0 Å². The highest BCUT2D eigenvalue weighted by Crippen LogP contribution is 2.27. The summed E-state index contributed by atoms with van der Waals surface area (Å²) in [6.45, 7) is 6.07. The molecule has 0 saturated carbocycles. The van der Waals surface area contributed by atoms with Crippen LogP contribution >= 0.6 is 0 Å². The number of aromatic nitrogens is 2. The molecule has 1 aromatic carbocycles. The Bertz CT molecular complexity index is 900. The van der Waals surface area contributed by atoms with Crippen LogP contribution in [0, 0.1) is 19.8 Å². The van der Waals surface area contributed by atoms with E-state index < -0.39 is 0 Å². The topological polar surface area (TPSA) is 61.7 Å². The van der Waals surface area contributed by atoms with Gasteiger partial charge in [-0.25, -0.2) is 0 Å². The first-order chi connectivity index (χ1) is 15.2. The Labute approximate surface area is 192 Å². The number of nitrogens with zero attached hydrogens (tertiary/aromatic N) is 5. The summed E-state index contributed by atoms with van der Waals surface area (Å²) in [5.41, 5.74) is 3.18.